The fourth-order valence-electron chi connectivity index (χ4n) is 0. The zero-order valence-corrected chi connectivity index (χ0v) is 12.9. The largest absolute Gasteiger partial charge is 0.412 e. The second-order valence-electron chi connectivity index (χ2n) is 1.26. The zero-order chi connectivity index (χ0) is 12.8. The van der Waals surface area contributed by atoms with Crippen molar-refractivity contribution in [2.45, 2.75) is 34.6 Å². The van der Waals surface area contributed by atoms with Gasteiger partial charge in [-0.15, -0.1) is 0 Å². The summed E-state index contributed by atoms with van der Waals surface area (Å²) in [7, 11) is 0. The van der Waals surface area contributed by atoms with Crippen molar-refractivity contribution in [3.8, 4) is 0 Å². The van der Waals surface area contributed by atoms with Crippen LogP contribution in [0.3, 0.4) is 0 Å². The van der Waals surface area contributed by atoms with Gasteiger partial charge < -0.3 is 32.8 Å². The summed E-state index contributed by atoms with van der Waals surface area (Å²) in [6.07, 6.45) is 0. The molecular weight excluding hydrogens is 248 g/mol. The Bertz CT molecular complexity index is 27.2. The molecule has 16 heavy (non-hydrogen) atoms. The molecule has 0 aromatic heterocycles. The van der Waals surface area contributed by atoms with E-state index >= 15 is 0 Å². The molecular formula is C10H31O5Ti-. The minimum Gasteiger partial charge on any atom is -0.412 e. The molecule has 0 radical (unpaired) electrons. The normalized spacial score (nSPS) is 4.88. The Morgan fingerprint density at radius 2 is 0.625 bits per heavy atom. The maximum atomic E-state index is 7.57. The standard InChI is InChI=1S/4C2H6O.C2H5.H2O.Ti/c4*1-2-3;1-2;;/h4*3H,2H2,1H3;1H2,2H3;1H2;/q;;;;-1;;. The van der Waals surface area contributed by atoms with Gasteiger partial charge in [-0.1, -0.05) is 0 Å². The van der Waals surface area contributed by atoms with E-state index in [2.05, 4.69) is 6.92 Å². The van der Waals surface area contributed by atoms with Gasteiger partial charge in [0, 0.05) is 48.1 Å². The first-order chi connectivity index (χ1) is 6.66. The van der Waals surface area contributed by atoms with Gasteiger partial charge >= 0.3 is 0 Å². The van der Waals surface area contributed by atoms with Gasteiger partial charge in [0.05, 0.1) is 0 Å². The quantitative estimate of drug-likeness (QED) is 0.369. The van der Waals surface area contributed by atoms with E-state index in [1.54, 1.807) is 34.6 Å². The summed E-state index contributed by atoms with van der Waals surface area (Å²) < 4.78 is 0. The van der Waals surface area contributed by atoms with Crippen LogP contribution in [0.15, 0.2) is 0 Å². The summed E-state index contributed by atoms with van der Waals surface area (Å²) in [6, 6.07) is 0. The SMILES string of the molecule is CCO.CCO.CCO.CCO.O.[CH2-]C.[Ti]. The Hall–Kier alpha value is 0.514. The molecule has 0 atom stereocenters. The van der Waals surface area contributed by atoms with Gasteiger partial charge in [-0.3, -0.25) is 0 Å². The van der Waals surface area contributed by atoms with Crippen molar-refractivity contribution in [1.82, 2.24) is 0 Å². The van der Waals surface area contributed by atoms with E-state index in [9.17, 15) is 0 Å². The van der Waals surface area contributed by atoms with Crippen LogP contribution in [0, 0.1) is 6.92 Å². The molecule has 0 amide bonds. The van der Waals surface area contributed by atoms with Gasteiger partial charge in [-0.25, -0.2) is 0 Å². The van der Waals surface area contributed by atoms with E-state index < -0.39 is 0 Å². The van der Waals surface area contributed by atoms with Crippen LogP contribution in [-0.4, -0.2) is 52.3 Å². The summed E-state index contributed by atoms with van der Waals surface area (Å²) in [5, 5.41) is 30.3. The minimum absolute atomic E-state index is 0. The monoisotopic (exact) mass is 279 g/mol. The predicted molar refractivity (Wildman–Crippen MR) is 65.7 cm³/mol. The molecule has 5 nitrogen and oxygen atoms in total. The average Bonchev–Trinajstić information content (AvgIpc) is 2.12. The molecule has 106 valence electrons. The van der Waals surface area contributed by atoms with Crippen LogP contribution in [-0.2, 0) is 21.7 Å². The summed E-state index contributed by atoms with van der Waals surface area (Å²) >= 11 is 0. The number of aliphatic hydroxyl groups excluding tert-OH is 4. The average molecular weight is 279 g/mol. The first kappa shape index (κ1) is 43.9. The number of hydrogen-bond donors (Lipinski definition) is 4. The third-order valence-electron chi connectivity index (χ3n) is 0. The molecule has 0 unspecified atom stereocenters. The Kier molecular flexibility index (Phi) is 440. The Morgan fingerprint density at radius 1 is 0.625 bits per heavy atom. The molecule has 0 aliphatic rings. The van der Waals surface area contributed by atoms with E-state index in [-0.39, 0.29) is 53.6 Å². The van der Waals surface area contributed by atoms with Crippen LogP contribution >= 0.6 is 0 Å². The van der Waals surface area contributed by atoms with E-state index in [0.29, 0.717) is 0 Å². The maximum Gasteiger partial charge on any atom is 0.0402 e. The van der Waals surface area contributed by atoms with Crippen molar-refractivity contribution in [2.24, 2.45) is 0 Å². The third kappa shape index (κ3) is 10000. The zero-order valence-electron chi connectivity index (χ0n) is 11.3. The molecule has 0 aromatic carbocycles. The fourth-order valence-corrected chi connectivity index (χ4v) is 0. The fraction of sp³-hybridized carbons (Fsp3) is 0.900. The smallest absolute Gasteiger partial charge is 0.0402 e. The topological polar surface area (TPSA) is 112 Å². The molecule has 0 aliphatic carbocycles. The van der Waals surface area contributed by atoms with Gasteiger partial charge in [0.2, 0.25) is 0 Å². The summed E-state index contributed by atoms with van der Waals surface area (Å²) in [4.78, 5) is 0. The van der Waals surface area contributed by atoms with Gasteiger partial charge in [0.15, 0.2) is 0 Å². The molecule has 0 saturated heterocycles. The molecule has 0 aromatic rings. The molecule has 0 fully saturated rings. The van der Waals surface area contributed by atoms with Crippen LogP contribution in [0.25, 0.3) is 0 Å². The van der Waals surface area contributed by atoms with Crippen molar-refractivity contribution >= 4 is 0 Å². The summed E-state index contributed by atoms with van der Waals surface area (Å²) in [5.74, 6) is 0. The van der Waals surface area contributed by atoms with Crippen molar-refractivity contribution < 1.29 is 47.6 Å². The van der Waals surface area contributed by atoms with Crippen molar-refractivity contribution in [3.05, 3.63) is 6.92 Å². The van der Waals surface area contributed by atoms with Gasteiger partial charge in [-0.2, -0.15) is 6.92 Å². The van der Waals surface area contributed by atoms with E-state index in [1.807, 2.05) is 0 Å². The van der Waals surface area contributed by atoms with Crippen LogP contribution in [0.4, 0.5) is 0 Å². The number of rotatable bonds is 0. The molecule has 0 saturated carbocycles. The molecule has 0 rings (SSSR count). The summed E-state index contributed by atoms with van der Waals surface area (Å²) in [5.41, 5.74) is 0. The molecule has 0 spiro atoms. The molecule has 0 aliphatic heterocycles. The van der Waals surface area contributed by atoms with Crippen LogP contribution < -0.4 is 0 Å². The van der Waals surface area contributed by atoms with Gasteiger partial charge in [-0.05, 0) is 27.7 Å². The first-order valence-electron chi connectivity index (χ1n) is 4.80. The van der Waals surface area contributed by atoms with Crippen molar-refractivity contribution in [2.75, 3.05) is 26.4 Å². The minimum atomic E-state index is 0. The Balaban J connectivity index is -0.0000000124. The first-order valence-corrected chi connectivity index (χ1v) is 4.80. The van der Waals surface area contributed by atoms with Crippen LogP contribution in [0.1, 0.15) is 34.6 Å². The molecule has 0 heterocycles. The molecule has 6 heteroatoms. The predicted octanol–water partition coefficient (Wildman–Crippen LogP) is 0.00759. The maximum absolute atomic E-state index is 7.57. The van der Waals surface area contributed by atoms with Crippen molar-refractivity contribution in [3.63, 3.8) is 0 Å². The molecule has 6 N–H and O–H groups in total. The van der Waals surface area contributed by atoms with Crippen molar-refractivity contribution in [1.29, 1.82) is 0 Å². The van der Waals surface area contributed by atoms with E-state index in [1.165, 1.54) is 0 Å². The third-order valence-corrected chi connectivity index (χ3v) is 0. The molecule has 0 bridgehead atoms. The van der Waals surface area contributed by atoms with E-state index in [0.717, 1.165) is 0 Å². The van der Waals surface area contributed by atoms with Crippen LogP contribution in [0.2, 0.25) is 0 Å². The van der Waals surface area contributed by atoms with Gasteiger partial charge in [0.25, 0.3) is 0 Å². The second-order valence-corrected chi connectivity index (χ2v) is 1.26. The second kappa shape index (κ2) is 160. The van der Waals surface area contributed by atoms with Gasteiger partial charge in [0.1, 0.15) is 0 Å². The Labute approximate surface area is 116 Å². The number of aliphatic hydroxyl groups is 4. The summed E-state index contributed by atoms with van der Waals surface area (Å²) in [6.45, 7) is 12.7. The number of hydrogen-bond acceptors (Lipinski definition) is 4. The van der Waals surface area contributed by atoms with Crippen LogP contribution in [0.5, 0.6) is 0 Å². The Morgan fingerprint density at radius 3 is 0.625 bits per heavy atom. The van der Waals surface area contributed by atoms with E-state index in [4.69, 9.17) is 20.4 Å².